The van der Waals surface area contributed by atoms with Crippen molar-refractivity contribution in [3.05, 3.63) is 22.4 Å². The molecular formula is C12H18N2O3S. The average Bonchev–Trinajstić information content (AvgIpc) is 2.91. The summed E-state index contributed by atoms with van der Waals surface area (Å²) < 4.78 is 5.22. The Labute approximate surface area is 110 Å². The molecule has 2 amide bonds. The first-order valence-electron chi connectivity index (χ1n) is 6.09. The molecule has 0 radical (unpaired) electrons. The molecule has 0 spiro atoms. The lowest BCUT2D eigenvalue weighted by molar-refractivity contribution is 0.0798. The second-order valence-electron chi connectivity index (χ2n) is 4.27. The van der Waals surface area contributed by atoms with Gasteiger partial charge in [-0.1, -0.05) is 6.07 Å². The van der Waals surface area contributed by atoms with Gasteiger partial charge in [-0.25, -0.2) is 4.79 Å². The van der Waals surface area contributed by atoms with Crippen LogP contribution >= 0.6 is 11.3 Å². The lowest BCUT2D eigenvalue weighted by atomic mass is 10.1. The SMILES string of the molecule is O=C(NC[C@@H](O)c1cccs1)NC1CCOCC1. The van der Waals surface area contributed by atoms with E-state index in [0.717, 1.165) is 17.7 Å². The molecule has 0 saturated carbocycles. The molecule has 1 fully saturated rings. The molecule has 6 heteroatoms. The molecular weight excluding hydrogens is 252 g/mol. The number of hydrogen-bond acceptors (Lipinski definition) is 4. The van der Waals surface area contributed by atoms with Gasteiger partial charge in [0.15, 0.2) is 0 Å². The van der Waals surface area contributed by atoms with Gasteiger partial charge in [-0.3, -0.25) is 0 Å². The van der Waals surface area contributed by atoms with Gasteiger partial charge < -0.3 is 20.5 Å². The number of hydrogen-bond donors (Lipinski definition) is 3. The number of rotatable bonds is 4. The van der Waals surface area contributed by atoms with Gasteiger partial charge in [0.05, 0.1) is 6.54 Å². The van der Waals surface area contributed by atoms with Crippen LogP contribution in [0.1, 0.15) is 23.8 Å². The van der Waals surface area contributed by atoms with Gasteiger partial charge in [-0.2, -0.15) is 0 Å². The summed E-state index contributed by atoms with van der Waals surface area (Å²) in [4.78, 5) is 12.5. The zero-order chi connectivity index (χ0) is 12.8. The van der Waals surface area contributed by atoms with Gasteiger partial charge in [0.1, 0.15) is 6.10 Å². The summed E-state index contributed by atoms with van der Waals surface area (Å²) in [6, 6.07) is 3.69. The van der Waals surface area contributed by atoms with Crippen molar-refractivity contribution in [2.75, 3.05) is 19.8 Å². The minimum atomic E-state index is -0.634. The van der Waals surface area contributed by atoms with E-state index < -0.39 is 6.10 Å². The molecule has 18 heavy (non-hydrogen) atoms. The number of carbonyl (C=O) groups excluding carboxylic acids is 1. The maximum Gasteiger partial charge on any atom is 0.315 e. The largest absolute Gasteiger partial charge is 0.386 e. The molecule has 1 aliphatic rings. The first-order valence-corrected chi connectivity index (χ1v) is 6.97. The minimum absolute atomic E-state index is 0.178. The quantitative estimate of drug-likeness (QED) is 0.771. The highest BCUT2D eigenvalue weighted by Gasteiger charge is 2.16. The number of amides is 2. The molecule has 0 aliphatic carbocycles. The second-order valence-corrected chi connectivity index (χ2v) is 5.25. The van der Waals surface area contributed by atoms with Crippen LogP contribution in [0.2, 0.25) is 0 Å². The number of nitrogens with one attached hydrogen (secondary N) is 2. The van der Waals surface area contributed by atoms with Crippen LogP contribution in [-0.2, 0) is 4.74 Å². The van der Waals surface area contributed by atoms with Crippen molar-refractivity contribution in [2.24, 2.45) is 0 Å². The van der Waals surface area contributed by atoms with E-state index in [9.17, 15) is 9.90 Å². The van der Waals surface area contributed by atoms with Crippen LogP contribution in [0.5, 0.6) is 0 Å². The Morgan fingerprint density at radius 3 is 3.00 bits per heavy atom. The zero-order valence-corrected chi connectivity index (χ0v) is 10.9. The van der Waals surface area contributed by atoms with Crippen LogP contribution in [0.3, 0.4) is 0 Å². The Morgan fingerprint density at radius 2 is 2.33 bits per heavy atom. The predicted molar refractivity (Wildman–Crippen MR) is 69.7 cm³/mol. The number of aliphatic hydroxyl groups is 1. The number of urea groups is 1. The normalized spacial score (nSPS) is 18.3. The van der Waals surface area contributed by atoms with Gasteiger partial charge in [-0.15, -0.1) is 11.3 Å². The lowest BCUT2D eigenvalue weighted by Gasteiger charge is -2.23. The molecule has 0 aromatic carbocycles. The third kappa shape index (κ3) is 3.97. The van der Waals surface area contributed by atoms with Crippen molar-refractivity contribution in [1.29, 1.82) is 0 Å². The third-order valence-corrected chi connectivity index (χ3v) is 3.86. The van der Waals surface area contributed by atoms with Gasteiger partial charge in [0.2, 0.25) is 0 Å². The van der Waals surface area contributed by atoms with Gasteiger partial charge in [-0.05, 0) is 24.3 Å². The number of aliphatic hydroxyl groups excluding tert-OH is 1. The van der Waals surface area contributed by atoms with E-state index in [2.05, 4.69) is 10.6 Å². The summed E-state index contributed by atoms with van der Waals surface area (Å²) in [5, 5.41) is 17.3. The predicted octanol–water partition coefficient (Wildman–Crippen LogP) is 1.26. The lowest BCUT2D eigenvalue weighted by Crippen LogP contribution is -2.45. The molecule has 1 aliphatic heterocycles. The fourth-order valence-corrected chi connectivity index (χ4v) is 2.56. The first-order chi connectivity index (χ1) is 8.75. The standard InChI is InChI=1S/C12H18N2O3S/c15-10(11-2-1-7-18-11)8-13-12(16)14-9-3-5-17-6-4-9/h1-2,7,9-10,15H,3-6,8H2,(H2,13,14,16)/t10-/m1/s1. The van der Waals surface area contributed by atoms with Crippen molar-refractivity contribution in [3.8, 4) is 0 Å². The Balaban J connectivity index is 1.68. The van der Waals surface area contributed by atoms with E-state index in [0.29, 0.717) is 13.2 Å². The van der Waals surface area contributed by atoms with Gasteiger partial charge in [0, 0.05) is 24.1 Å². The van der Waals surface area contributed by atoms with Crippen molar-refractivity contribution in [3.63, 3.8) is 0 Å². The molecule has 100 valence electrons. The molecule has 0 unspecified atom stereocenters. The van der Waals surface area contributed by atoms with Crippen molar-refractivity contribution >= 4 is 17.4 Å². The average molecular weight is 270 g/mol. The summed E-state index contributed by atoms with van der Waals surface area (Å²) in [6.07, 6.45) is 1.06. The van der Waals surface area contributed by atoms with E-state index in [-0.39, 0.29) is 18.6 Å². The van der Waals surface area contributed by atoms with Crippen LogP contribution in [0.25, 0.3) is 0 Å². The van der Waals surface area contributed by atoms with Crippen LogP contribution in [0.15, 0.2) is 17.5 Å². The number of carbonyl (C=O) groups is 1. The number of thiophene rings is 1. The highest BCUT2D eigenvalue weighted by Crippen LogP contribution is 2.17. The molecule has 3 N–H and O–H groups in total. The van der Waals surface area contributed by atoms with E-state index in [1.165, 1.54) is 11.3 Å². The Bertz CT molecular complexity index is 363. The zero-order valence-electron chi connectivity index (χ0n) is 10.1. The smallest absolute Gasteiger partial charge is 0.315 e. The Kier molecular flexibility index (Phi) is 4.98. The summed E-state index contributed by atoms with van der Waals surface area (Å²) >= 11 is 1.48. The molecule has 0 bridgehead atoms. The molecule has 2 heterocycles. The molecule has 1 aromatic heterocycles. The summed E-state index contributed by atoms with van der Waals surface area (Å²) in [5.41, 5.74) is 0. The highest BCUT2D eigenvalue weighted by atomic mass is 32.1. The van der Waals surface area contributed by atoms with Crippen molar-refractivity contribution < 1.29 is 14.6 Å². The molecule has 1 saturated heterocycles. The van der Waals surface area contributed by atoms with Gasteiger partial charge in [0.25, 0.3) is 0 Å². The van der Waals surface area contributed by atoms with Crippen molar-refractivity contribution in [2.45, 2.75) is 25.0 Å². The Morgan fingerprint density at radius 1 is 1.56 bits per heavy atom. The second kappa shape index (κ2) is 6.72. The summed E-state index contributed by atoms with van der Waals surface area (Å²) in [6.45, 7) is 1.63. The van der Waals surface area contributed by atoms with Gasteiger partial charge >= 0.3 is 6.03 Å². The molecule has 1 atom stereocenters. The fraction of sp³-hybridized carbons (Fsp3) is 0.583. The van der Waals surface area contributed by atoms with Crippen LogP contribution in [0.4, 0.5) is 4.79 Å². The first kappa shape index (κ1) is 13.3. The van der Waals surface area contributed by atoms with Crippen LogP contribution in [0, 0.1) is 0 Å². The van der Waals surface area contributed by atoms with E-state index in [4.69, 9.17) is 4.74 Å². The highest BCUT2D eigenvalue weighted by molar-refractivity contribution is 7.10. The van der Waals surface area contributed by atoms with Crippen molar-refractivity contribution in [1.82, 2.24) is 10.6 Å². The minimum Gasteiger partial charge on any atom is -0.386 e. The Hall–Kier alpha value is -1.11. The van der Waals surface area contributed by atoms with E-state index in [1.54, 1.807) is 0 Å². The maximum absolute atomic E-state index is 11.6. The molecule has 2 rings (SSSR count). The van der Waals surface area contributed by atoms with Crippen LogP contribution < -0.4 is 10.6 Å². The number of ether oxygens (including phenoxy) is 1. The van der Waals surface area contributed by atoms with Crippen LogP contribution in [-0.4, -0.2) is 36.9 Å². The monoisotopic (exact) mass is 270 g/mol. The maximum atomic E-state index is 11.6. The fourth-order valence-electron chi connectivity index (χ4n) is 1.85. The summed E-state index contributed by atoms with van der Waals surface area (Å²) in [5.74, 6) is 0. The van der Waals surface area contributed by atoms with E-state index in [1.807, 2.05) is 17.5 Å². The summed E-state index contributed by atoms with van der Waals surface area (Å²) in [7, 11) is 0. The van der Waals surface area contributed by atoms with E-state index >= 15 is 0 Å². The third-order valence-electron chi connectivity index (χ3n) is 2.88. The molecule has 1 aromatic rings. The molecule has 5 nitrogen and oxygen atoms in total. The topological polar surface area (TPSA) is 70.6 Å².